The number of hydrogen-bond donors (Lipinski definition) is 2. The van der Waals surface area contributed by atoms with Gasteiger partial charge in [0, 0.05) is 13.1 Å². The van der Waals surface area contributed by atoms with E-state index >= 15 is 0 Å². The lowest BCUT2D eigenvalue weighted by Crippen LogP contribution is -2.48. The summed E-state index contributed by atoms with van der Waals surface area (Å²) in [6.45, 7) is 1.60. The fourth-order valence-corrected chi connectivity index (χ4v) is 3.84. The molecule has 0 aliphatic carbocycles. The average molecular weight is 303 g/mol. The molecule has 2 atom stereocenters. The first-order valence-electron chi connectivity index (χ1n) is 7.08. The molecule has 2 fully saturated rings. The zero-order valence-corrected chi connectivity index (χ0v) is 12.4. The van der Waals surface area contributed by atoms with Crippen LogP contribution in [0.5, 0.6) is 0 Å². The second-order valence-corrected chi connectivity index (χ2v) is 6.31. The number of likely N-dealkylation sites (tertiary alicyclic amines) is 1. The topological polar surface area (TPSA) is 75.4 Å². The molecule has 6 heteroatoms. The standard InChI is InChI=1S/C15H17N3O2S/c16-7-1-3-10-5-6-13(21-10)15(20)18-8-2-4-11-12(18)9-17-14(11)19/h5-6,11-12H,2,4,7-9,16H2,(H,17,19). The van der Waals surface area contributed by atoms with E-state index in [0.717, 1.165) is 24.3 Å². The van der Waals surface area contributed by atoms with Crippen LogP contribution in [0.2, 0.25) is 0 Å². The van der Waals surface area contributed by atoms with Gasteiger partial charge in [-0.15, -0.1) is 11.3 Å². The molecule has 2 aliphatic heterocycles. The average Bonchev–Trinajstić information content (AvgIpc) is 3.12. The second kappa shape index (κ2) is 5.88. The van der Waals surface area contributed by atoms with Crippen molar-refractivity contribution in [3.63, 3.8) is 0 Å². The summed E-state index contributed by atoms with van der Waals surface area (Å²) in [4.78, 5) is 27.8. The van der Waals surface area contributed by atoms with Crippen molar-refractivity contribution in [2.45, 2.75) is 18.9 Å². The number of fused-ring (bicyclic) bond motifs is 1. The van der Waals surface area contributed by atoms with Crippen LogP contribution in [-0.4, -0.2) is 42.4 Å². The molecular weight excluding hydrogens is 286 g/mol. The van der Waals surface area contributed by atoms with E-state index in [-0.39, 0.29) is 23.8 Å². The van der Waals surface area contributed by atoms with Crippen molar-refractivity contribution in [2.75, 3.05) is 19.6 Å². The molecule has 3 N–H and O–H groups in total. The lowest BCUT2D eigenvalue weighted by atomic mass is 9.91. The van der Waals surface area contributed by atoms with Gasteiger partial charge >= 0.3 is 0 Å². The minimum Gasteiger partial charge on any atom is -0.354 e. The van der Waals surface area contributed by atoms with Crippen LogP contribution < -0.4 is 11.1 Å². The molecule has 0 saturated carbocycles. The Bertz CT molecular complexity index is 628. The fourth-order valence-electron chi connectivity index (χ4n) is 3.00. The predicted octanol–water partition coefficient (Wildman–Crippen LogP) is 0.409. The Morgan fingerprint density at radius 1 is 1.52 bits per heavy atom. The van der Waals surface area contributed by atoms with Gasteiger partial charge in [0.05, 0.1) is 28.3 Å². The van der Waals surface area contributed by atoms with E-state index in [2.05, 4.69) is 17.2 Å². The van der Waals surface area contributed by atoms with Crippen LogP contribution in [0.4, 0.5) is 0 Å². The van der Waals surface area contributed by atoms with Crippen molar-refractivity contribution in [3.8, 4) is 11.8 Å². The first kappa shape index (κ1) is 14.1. The minimum absolute atomic E-state index is 0.000531. The molecule has 2 amide bonds. The summed E-state index contributed by atoms with van der Waals surface area (Å²) in [6, 6.07) is 3.65. The zero-order valence-electron chi connectivity index (χ0n) is 11.6. The highest BCUT2D eigenvalue weighted by atomic mass is 32.1. The molecule has 2 saturated heterocycles. The van der Waals surface area contributed by atoms with E-state index in [9.17, 15) is 9.59 Å². The zero-order chi connectivity index (χ0) is 14.8. The van der Waals surface area contributed by atoms with E-state index in [1.165, 1.54) is 11.3 Å². The van der Waals surface area contributed by atoms with E-state index in [1.807, 2.05) is 11.0 Å². The number of rotatable bonds is 1. The first-order valence-corrected chi connectivity index (χ1v) is 7.90. The molecule has 2 unspecified atom stereocenters. The molecule has 3 heterocycles. The molecule has 5 nitrogen and oxygen atoms in total. The Kier molecular flexibility index (Phi) is 3.95. The molecule has 110 valence electrons. The Morgan fingerprint density at radius 3 is 3.19 bits per heavy atom. The number of hydrogen-bond acceptors (Lipinski definition) is 4. The van der Waals surface area contributed by atoms with Crippen molar-refractivity contribution in [2.24, 2.45) is 11.7 Å². The summed E-state index contributed by atoms with van der Waals surface area (Å²) in [5.74, 6) is 5.78. The third-order valence-electron chi connectivity index (χ3n) is 3.99. The number of nitrogens with one attached hydrogen (secondary N) is 1. The second-order valence-electron chi connectivity index (χ2n) is 5.23. The van der Waals surface area contributed by atoms with Crippen LogP contribution in [-0.2, 0) is 4.79 Å². The largest absolute Gasteiger partial charge is 0.354 e. The summed E-state index contributed by atoms with van der Waals surface area (Å²) in [5, 5.41) is 2.87. The Balaban J connectivity index is 1.78. The van der Waals surface area contributed by atoms with E-state index in [0.29, 0.717) is 18.0 Å². The minimum atomic E-state index is -0.0424. The third kappa shape index (κ3) is 2.67. The fraction of sp³-hybridized carbons (Fsp3) is 0.467. The molecule has 2 aliphatic rings. The molecule has 0 spiro atoms. The van der Waals surface area contributed by atoms with Crippen LogP contribution >= 0.6 is 11.3 Å². The monoisotopic (exact) mass is 303 g/mol. The summed E-state index contributed by atoms with van der Waals surface area (Å²) in [6.07, 6.45) is 1.75. The molecule has 21 heavy (non-hydrogen) atoms. The van der Waals surface area contributed by atoms with Gasteiger partial charge in [0.2, 0.25) is 5.91 Å². The van der Waals surface area contributed by atoms with Crippen LogP contribution in [0.3, 0.4) is 0 Å². The number of amides is 2. The normalized spacial score (nSPS) is 24.0. The van der Waals surface area contributed by atoms with E-state index < -0.39 is 0 Å². The maximum absolute atomic E-state index is 12.7. The van der Waals surface area contributed by atoms with Crippen LogP contribution in [0, 0.1) is 17.8 Å². The summed E-state index contributed by atoms with van der Waals surface area (Å²) in [5.41, 5.74) is 5.35. The van der Waals surface area contributed by atoms with Crippen molar-refractivity contribution < 1.29 is 9.59 Å². The van der Waals surface area contributed by atoms with Crippen LogP contribution in [0.15, 0.2) is 12.1 Å². The van der Waals surface area contributed by atoms with Crippen molar-refractivity contribution in [3.05, 3.63) is 21.9 Å². The lowest BCUT2D eigenvalue weighted by molar-refractivity contribution is -0.123. The SMILES string of the molecule is NCC#Cc1ccc(C(=O)N2CCCC3C(=O)NCC32)s1. The van der Waals surface area contributed by atoms with Gasteiger partial charge < -0.3 is 16.0 Å². The maximum atomic E-state index is 12.7. The van der Waals surface area contributed by atoms with E-state index in [4.69, 9.17) is 5.73 Å². The highest BCUT2D eigenvalue weighted by molar-refractivity contribution is 7.14. The summed E-state index contributed by atoms with van der Waals surface area (Å²) >= 11 is 1.38. The Labute approximate surface area is 127 Å². The molecule has 0 aromatic carbocycles. The van der Waals surface area contributed by atoms with Gasteiger partial charge in [-0.1, -0.05) is 11.8 Å². The number of carbonyl (C=O) groups is 2. The number of nitrogens with zero attached hydrogens (tertiary/aromatic N) is 1. The maximum Gasteiger partial charge on any atom is 0.264 e. The molecule has 3 rings (SSSR count). The van der Waals surface area contributed by atoms with E-state index in [1.54, 1.807) is 6.07 Å². The third-order valence-corrected chi connectivity index (χ3v) is 4.98. The Morgan fingerprint density at radius 2 is 2.38 bits per heavy atom. The molecule has 0 radical (unpaired) electrons. The molecule has 1 aromatic rings. The van der Waals surface area contributed by atoms with Gasteiger partial charge in [0.1, 0.15) is 0 Å². The van der Waals surface area contributed by atoms with Gasteiger partial charge in [-0.3, -0.25) is 9.59 Å². The van der Waals surface area contributed by atoms with Crippen LogP contribution in [0.1, 0.15) is 27.4 Å². The van der Waals surface area contributed by atoms with Crippen molar-refractivity contribution in [1.82, 2.24) is 10.2 Å². The first-order chi connectivity index (χ1) is 10.2. The highest BCUT2D eigenvalue weighted by Gasteiger charge is 2.42. The van der Waals surface area contributed by atoms with Gasteiger partial charge in [0.15, 0.2) is 0 Å². The van der Waals surface area contributed by atoms with Crippen LogP contribution in [0.25, 0.3) is 0 Å². The number of thiophene rings is 1. The van der Waals surface area contributed by atoms with Crippen molar-refractivity contribution >= 4 is 23.2 Å². The number of carbonyl (C=O) groups excluding carboxylic acids is 2. The number of nitrogens with two attached hydrogens (primary N) is 1. The van der Waals surface area contributed by atoms with Gasteiger partial charge in [-0.05, 0) is 25.0 Å². The van der Waals surface area contributed by atoms with Gasteiger partial charge in [-0.25, -0.2) is 0 Å². The predicted molar refractivity (Wildman–Crippen MR) is 80.8 cm³/mol. The smallest absolute Gasteiger partial charge is 0.264 e. The van der Waals surface area contributed by atoms with Gasteiger partial charge in [0.25, 0.3) is 5.91 Å². The molecule has 1 aromatic heterocycles. The molecular formula is C15H17N3O2S. The molecule has 0 bridgehead atoms. The lowest BCUT2D eigenvalue weighted by Gasteiger charge is -2.35. The number of piperidine rings is 1. The van der Waals surface area contributed by atoms with Crippen molar-refractivity contribution in [1.29, 1.82) is 0 Å². The highest BCUT2D eigenvalue weighted by Crippen LogP contribution is 2.29. The van der Waals surface area contributed by atoms with Gasteiger partial charge in [-0.2, -0.15) is 0 Å². The quantitative estimate of drug-likeness (QED) is 0.738. The summed E-state index contributed by atoms with van der Waals surface area (Å²) < 4.78 is 0. The Hall–Kier alpha value is -1.84. The summed E-state index contributed by atoms with van der Waals surface area (Å²) in [7, 11) is 0.